The minimum absolute atomic E-state index is 0.0128. The van der Waals surface area contributed by atoms with E-state index in [1.54, 1.807) is 0 Å². The molecule has 0 radical (unpaired) electrons. The van der Waals surface area contributed by atoms with Crippen molar-refractivity contribution < 1.29 is 27.1 Å². The second-order valence-electron chi connectivity index (χ2n) is 3.60. The van der Waals surface area contributed by atoms with Gasteiger partial charge in [0.1, 0.15) is 0 Å². The number of hydrogen-bond donors (Lipinski definition) is 0. The van der Waals surface area contributed by atoms with Gasteiger partial charge in [0.15, 0.2) is 0 Å². The largest absolute Gasteiger partial charge is 0.466 e. The van der Waals surface area contributed by atoms with Gasteiger partial charge in [-0.05, 0) is 6.42 Å². The monoisotopic (exact) mass is 244 g/mol. The third-order valence-corrected chi connectivity index (χ3v) is 2.33. The Morgan fingerprint density at radius 1 is 1.12 bits per heavy atom. The topological polar surface area (TPSA) is 26.3 Å². The number of ether oxygens (including phenoxy) is 1. The highest BCUT2D eigenvalue weighted by Crippen LogP contribution is 2.39. The summed E-state index contributed by atoms with van der Waals surface area (Å²) >= 11 is 0. The maximum Gasteiger partial charge on any atom is 0.433 e. The second-order valence-corrected chi connectivity index (χ2v) is 3.60. The Morgan fingerprint density at radius 2 is 1.69 bits per heavy atom. The first-order valence-corrected chi connectivity index (χ1v) is 5.13. The van der Waals surface area contributed by atoms with Crippen LogP contribution in [0, 0.1) is 0 Å². The Kier molecular flexibility index (Phi) is 5.75. The highest BCUT2D eigenvalue weighted by atomic mass is 19.4. The predicted octanol–water partition coefficient (Wildman–Crippen LogP) is 3.40. The minimum atomic E-state index is -5.22. The van der Waals surface area contributed by atoms with Crippen molar-refractivity contribution in [2.75, 3.05) is 7.11 Å². The summed E-state index contributed by atoms with van der Waals surface area (Å²) in [4.78, 5) is 10.8. The summed E-state index contributed by atoms with van der Waals surface area (Å²) in [5.41, 5.74) is -3.87. The minimum Gasteiger partial charge on any atom is -0.466 e. The van der Waals surface area contributed by atoms with Crippen LogP contribution in [0.3, 0.4) is 0 Å². The van der Waals surface area contributed by atoms with E-state index >= 15 is 0 Å². The fourth-order valence-corrected chi connectivity index (χ4v) is 1.32. The molecule has 0 saturated carbocycles. The Morgan fingerprint density at radius 3 is 2.06 bits per heavy atom. The summed E-state index contributed by atoms with van der Waals surface area (Å²) < 4.78 is 54.5. The lowest BCUT2D eigenvalue weighted by molar-refractivity contribution is -0.239. The first-order chi connectivity index (χ1) is 7.29. The van der Waals surface area contributed by atoms with Crippen LogP contribution in [-0.2, 0) is 9.53 Å². The lowest BCUT2D eigenvalue weighted by Gasteiger charge is -2.24. The van der Waals surface area contributed by atoms with Gasteiger partial charge in [0, 0.05) is 6.42 Å². The van der Waals surface area contributed by atoms with Crippen LogP contribution in [0.15, 0.2) is 0 Å². The third kappa shape index (κ3) is 3.64. The molecule has 1 atom stereocenters. The van der Waals surface area contributed by atoms with E-state index in [4.69, 9.17) is 0 Å². The van der Waals surface area contributed by atoms with E-state index in [1.165, 1.54) is 0 Å². The van der Waals surface area contributed by atoms with Crippen LogP contribution in [0.2, 0.25) is 0 Å². The average molecular weight is 244 g/mol. The Balaban J connectivity index is 4.51. The van der Waals surface area contributed by atoms with E-state index in [2.05, 4.69) is 4.74 Å². The van der Waals surface area contributed by atoms with Crippen molar-refractivity contribution in [2.24, 2.45) is 0 Å². The molecule has 96 valence electrons. The van der Waals surface area contributed by atoms with Crippen LogP contribution in [0.4, 0.5) is 17.6 Å². The molecule has 0 aliphatic carbocycles. The van der Waals surface area contributed by atoms with E-state index in [1.807, 2.05) is 6.92 Å². The fraction of sp³-hybridized carbons (Fsp3) is 0.900. The molecular weight excluding hydrogens is 228 g/mol. The summed E-state index contributed by atoms with van der Waals surface area (Å²) in [7, 11) is 0.744. The van der Waals surface area contributed by atoms with E-state index in [9.17, 15) is 22.4 Å². The van der Waals surface area contributed by atoms with Crippen LogP contribution in [0.25, 0.3) is 0 Å². The van der Waals surface area contributed by atoms with E-state index < -0.39 is 24.2 Å². The van der Waals surface area contributed by atoms with Crippen LogP contribution >= 0.6 is 0 Å². The molecule has 0 bridgehead atoms. The molecule has 0 N–H and O–H groups in total. The molecule has 0 saturated heterocycles. The number of methoxy groups -OCH3 is 1. The zero-order valence-corrected chi connectivity index (χ0v) is 9.36. The molecular formula is C10H16F4O2. The molecule has 0 rings (SSSR count). The molecule has 0 aromatic carbocycles. The molecule has 0 aromatic rings. The number of esters is 1. The first-order valence-electron chi connectivity index (χ1n) is 5.13. The number of carbonyl (C=O) groups is 1. The normalized spacial score (nSPS) is 15.6. The van der Waals surface area contributed by atoms with Crippen molar-refractivity contribution in [2.45, 2.75) is 50.9 Å². The van der Waals surface area contributed by atoms with Gasteiger partial charge < -0.3 is 4.74 Å². The van der Waals surface area contributed by atoms with Crippen LogP contribution in [0.5, 0.6) is 0 Å². The van der Waals surface area contributed by atoms with E-state index in [0.717, 1.165) is 20.0 Å². The molecule has 0 aromatic heterocycles. The maximum absolute atomic E-state index is 13.5. The zero-order chi connectivity index (χ0) is 12.8. The van der Waals surface area contributed by atoms with Gasteiger partial charge in [-0.1, -0.05) is 26.2 Å². The van der Waals surface area contributed by atoms with Gasteiger partial charge in [-0.25, -0.2) is 9.18 Å². The SMILES string of the molecule is CCCCCCC(F)(C(=O)OC)C(F)(F)F. The Bertz CT molecular complexity index is 227. The molecule has 0 aliphatic heterocycles. The number of halogens is 4. The molecule has 0 heterocycles. The quantitative estimate of drug-likeness (QED) is 0.406. The van der Waals surface area contributed by atoms with E-state index in [-0.39, 0.29) is 6.42 Å². The van der Waals surface area contributed by atoms with Gasteiger partial charge >= 0.3 is 17.8 Å². The smallest absolute Gasteiger partial charge is 0.433 e. The molecule has 2 nitrogen and oxygen atoms in total. The Hall–Kier alpha value is -0.810. The van der Waals surface area contributed by atoms with Gasteiger partial charge in [0.2, 0.25) is 0 Å². The molecule has 0 spiro atoms. The molecule has 16 heavy (non-hydrogen) atoms. The molecule has 0 amide bonds. The van der Waals surface area contributed by atoms with Gasteiger partial charge in [0.05, 0.1) is 7.11 Å². The standard InChI is InChI=1S/C10H16F4O2/c1-3-4-5-6-7-9(11,8(15)16-2)10(12,13)14/h3-7H2,1-2H3. The van der Waals surface area contributed by atoms with Crippen LogP contribution in [0.1, 0.15) is 39.0 Å². The number of hydrogen-bond acceptors (Lipinski definition) is 2. The summed E-state index contributed by atoms with van der Waals surface area (Å²) in [6.07, 6.45) is -4.07. The van der Waals surface area contributed by atoms with Crippen LogP contribution < -0.4 is 0 Å². The van der Waals surface area contributed by atoms with Gasteiger partial charge in [-0.15, -0.1) is 0 Å². The first kappa shape index (κ1) is 15.2. The second kappa shape index (κ2) is 6.06. The van der Waals surface area contributed by atoms with Gasteiger partial charge in [-0.3, -0.25) is 0 Å². The average Bonchev–Trinajstić information content (AvgIpc) is 2.21. The lowest BCUT2D eigenvalue weighted by atomic mass is 9.97. The summed E-state index contributed by atoms with van der Waals surface area (Å²) in [6, 6.07) is 0. The molecule has 0 fully saturated rings. The van der Waals surface area contributed by atoms with Crippen LogP contribution in [-0.4, -0.2) is 24.9 Å². The summed E-state index contributed by atoms with van der Waals surface area (Å²) in [5.74, 6) is -1.86. The van der Waals surface area contributed by atoms with E-state index in [0.29, 0.717) is 6.42 Å². The molecule has 6 heteroatoms. The number of alkyl halides is 4. The third-order valence-electron chi connectivity index (χ3n) is 2.33. The highest BCUT2D eigenvalue weighted by Gasteiger charge is 2.62. The van der Waals surface area contributed by atoms with Crippen molar-refractivity contribution in [1.29, 1.82) is 0 Å². The van der Waals surface area contributed by atoms with Crippen molar-refractivity contribution >= 4 is 5.97 Å². The van der Waals surface area contributed by atoms with Crippen molar-refractivity contribution in [3.8, 4) is 0 Å². The van der Waals surface area contributed by atoms with Crippen molar-refractivity contribution in [3.05, 3.63) is 0 Å². The fourth-order valence-electron chi connectivity index (χ4n) is 1.32. The molecule has 1 unspecified atom stereocenters. The lowest BCUT2D eigenvalue weighted by Crippen LogP contribution is -2.48. The number of carbonyl (C=O) groups excluding carboxylic acids is 1. The highest BCUT2D eigenvalue weighted by molar-refractivity contribution is 5.80. The summed E-state index contributed by atoms with van der Waals surface area (Å²) in [6.45, 7) is 1.88. The van der Waals surface area contributed by atoms with Crippen molar-refractivity contribution in [3.63, 3.8) is 0 Å². The maximum atomic E-state index is 13.5. The molecule has 0 aliphatic rings. The zero-order valence-electron chi connectivity index (χ0n) is 9.36. The Labute approximate surface area is 92.0 Å². The number of rotatable bonds is 6. The summed E-state index contributed by atoms with van der Waals surface area (Å²) in [5, 5.41) is 0. The van der Waals surface area contributed by atoms with Crippen molar-refractivity contribution in [1.82, 2.24) is 0 Å². The predicted molar refractivity (Wildman–Crippen MR) is 50.7 cm³/mol. The van der Waals surface area contributed by atoms with Gasteiger partial charge in [-0.2, -0.15) is 13.2 Å². The number of unbranched alkanes of at least 4 members (excludes halogenated alkanes) is 3. The van der Waals surface area contributed by atoms with Gasteiger partial charge in [0.25, 0.3) is 0 Å².